The summed E-state index contributed by atoms with van der Waals surface area (Å²) in [6, 6.07) is 0.281. The number of carbonyl (C=O) groups is 1. The zero-order chi connectivity index (χ0) is 14.4. The molecule has 3 rings (SSSR count). The Balaban J connectivity index is 2.00. The van der Waals surface area contributed by atoms with Crippen molar-refractivity contribution in [3.05, 3.63) is 11.8 Å². The van der Waals surface area contributed by atoms with Crippen molar-refractivity contribution in [1.82, 2.24) is 9.80 Å². The van der Waals surface area contributed by atoms with Crippen LogP contribution in [0.1, 0.15) is 20.3 Å². The van der Waals surface area contributed by atoms with Gasteiger partial charge >= 0.3 is 0 Å². The third kappa shape index (κ3) is 1.95. The van der Waals surface area contributed by atoms with Crippen molar-refractivity contribution in [2.45, 2.75) is 32.5 Å². The summed E-state index contributed by atoms with van der Waals surface area (Å²) in [5.74, 6) is 0.605. The molecule has 4 atom stereocenters. The second-order valence-corrected chi connectivity index (χ2v) is 6.10. The largest absolute Gasteiger partial charge is 0.339 e. The third-order valence-corrected chi connectivity index (χ3v) is 4.73. The zero-order valence-electron chi connectivity index (χ0n) is 12.0. The molecular weight excluding hydrogens is 276 g/mol. The van der Waals surface area contributed by atoms with Gasteiger partial charge in [0.2, 0.25) is 5.29 Å². The molecule has 0 N–H and O–H groups in total. The molecule has 6 heteroatoms. The van der Waals surface area contributed by atoms with Gasteiger partial charge in [0.25, 0.3) is 5.91 Å². The smallest absolute Gasteiger partial charge is 0.269 e. The number of likely N-dealkylation sites (N-methyl/N-ethyl adjacent to an activating group) is 1. The Bertz CT molecular complexity index is 527. The van der Waals surface area contributed by atoms with Crippen LogP contribution in [0.4, 0.5) is 0 Å². The number of fused-ring (bicyclic) bond motifs is 3. The molecule has 1 fully saturated rings. The first-order chi connectivity index (χ1) is 9.52. The summed E-state index contributed by atoms with van der Waals surface area (Å²) in [5, 5.41) is 0.273. The molecule has 0 saturated carbocycles. The maximum Gasteiger partial charge on any atom is 0.269 e. The SMILES string of the molecule is CCC(C)[C@H]1CN(C)C(=O)C2=CC3C=NC(Cl)=NC3N21. The number of halogens is 1. The Labute approximate surface area is 124 Å². The topological polar surface area (TPSA) is 48.3 Å². The van der Waals surface area contributed by atoms with Crippen molar-refractivity contribution in [3.63, 3.8) is 0 Å². The maximum atomic E-state index is 12.4. The van der Waals surface area contributed by atoms with Crippen molar-refractivity contribution in [3.8, 4) is 0 Å². The summed E-state index contributed by atoms with van der Waals surface area (Å²) in [6.07, 6.45) is 4.74. The average Bonchev–Trinajstić information content (AvgIpc) is 2.81. The molecule has 0 aromatic rings. The fraction of sp³-hybridized carbons (Fsp3) is 0.643. The minimum absolute atomic E-state index is 0.0505. The van der Waals surface area contributed by atoms with Gasteiger partial charge in [0, 0.05) is 19.8 Å². The van der Waals surface area contributed by atoms with E-state index < -0.39 is 0 Å². The van der Waals surface area contributed by atoms with Gasteiger partial charge in [-0.2, -0.15) is 0 Å². The highest BCUT2D eigenvalue weighted by Gasteiger charge is 2.47. The van der Waals surface area contributed by atoms with Crippen LogP contribution in [0.5, 0.6) is 0 Å². The fourth-order valence-electron chi connectivity index (χ4n) is 3.17. The second-order valence-electron chi connectivity index (χ2n) is 5.76. The van der Waals surface area contributed by atoms with Gasteiger partial charge in [0.1, 0.15) is 11.9 Å². The quantitative estimate of drug-likeness (QED) is 0.728. The number of rotatable bonds is 2. The van der Waals surface area contributed by atoms with E-state index in [1.807, 2.05) is 13.1 Å². The number of nitrogens with zero attached hydrogens (tertiary/aromatic N) is 4. The highest BCUT2D eigenvalue weighted by molar-refractivity contribution is 6.65. The van der Waals surface area contributed by atoms with Gasteiger partial charge in [-0.15, -0.1) is 0 Å². The van der Waals surface area contributed by atoms with E-state index in [1.54, 1.807) is 11.1 Å². The van der Waals surface area contributed by atoms with E-state index >= 15 is 0 Å². The number of piperazine rings is 1. The Morgan fingerprint density at radius 1 is 1.55 bits per heavy atom. The van der Waals surface area contributed by atoms with Crippen LogP contribution in [0.25, 0.3) is 0 Å². The molecule has 3 heterocycles. The van der Waals surface area contributed by atoms with Crippen LogP contribution in [-0.4, -0.2) is 53.0 Å². The number of hydrogen-bond donors (Lipinski definition) is 0. The van der Waals surface area contributed by atoms with Gasteiger partial charge in [-0.1, -0.05) is 20.3 Å². The Hall–Kier alpha value is -1.36. The van der Waals surface area contributed by atoms with Crippen LogP contribution >= 0.6 is 11.6 Å². The lowest BCUT2D eigenvalue weighted by molar-refractivity contribution is -0.133. The monoisotopic (exact) mass is 294 g/mol. The fourth-order valence-corrected chi connectivity index (χ4v) is 3.33. The first-order valence-corrected chi connectivity index (χ1v) is 7.43. The van der Waals surface area contributed by atoms with E-state index in [9.17, 15) is 4.79 Å². The van der Waals surface area contributed by atoms with Gasteiger partial charge < -0.3 is 9.80 Å². The summed E-state index contributed by atoms with van der Waals surface area (Å²) in [4.78, 5) is 24.8. The summed E-state index contributed by atoms with van der Waals surface area (Å²) in [6.45, 7) is 5.14. The standard InChI is InChI=1S/C14H19ClN4O/c1-4-8(2)11-7-18(3)13(20)10-5-9-6-16-14(15)17-12(9)19(10)11/h5-6,8-9,11-12H,4,7H2,1-3H3/t8?,9?,11-,12?/m1/s1. The van der Waals surface area contributed by atoms with Crippen molar-refractivity contribution in [2.24, 2.45) is 21.8 Å². The molecule has 3 aliphatic heterocycles. The highest BCUT2D eigenvalue weighted by atomic mass is 35.5. The molecule has 1 amide bonds. The minimum Gasteiger partial charge on any atom is -0.339 e. The normalized spacial score (nSPS) is 33.6. The van der Waals surface area contributed by atoms with Gasteiger partial charge in [-0.05, 0) is 23.6 Å². The lowest BCUT2D eigenvalue weighted by Crippen LogP contribution is -2.57. The molecule has 0 aromatic carbocycles. The van der Waals surface area contributed by atoms with Crippen molar-refractivity contribution in [2.75, 3.05) is 13.6 Å². The number of hydrogen-bond acceptors (Lipinski definition) is 4. The van der Waals surface area contributed by atoms with Gasteiger partial charge in [-0.3, -0.25) is 4.79 Å². The average molecular weight is 295 g/mol. The van der Waals surface area contributed by atoms with Crippen molar-refractivity contribution >= 4 is 29.0 Å². The number of amidine groups is 1. The molecule has 5 nitrogen and oxygen atoms in total. The van der Waals surface area contributed by atoms with E-state index in [4.69, 9.17) is 11.6 Å². The van der Waals surface area contributed by atoms with E-state index in [1.165, 1.54) is 0 Å². The molecule has 0 spiro atoms. The van der Waals surface area contributed by atoms with Crippen LogP contribution < -0.4 is 0 Å². The molecule has 3 aliphatic rings. The molecular formula is C14H19ClN4O. The van der Waals surface area contributed by atoms with Crippen LogP contribution in [0.3, 0.4) is 0 Å². The Kier molecular flexibility index (Phi) is 3.32. The first-order valence-electron chi connectivity index (χ1n) is 7.06. The summed E-state index contributed by atoms with van der Waals surface area (Å²) in [5.41, 5.74) is 0.751. The summed E-state index contributed by atoms with van der Waals surface area (Å²) in [7, 11) is 1.86. The van der Waals surface area contributed by atoms with Crippen LogP contribution in [0.2, 0.25) is 0 Å². The molecule has 3 unspecified atom stereocenters. The van der Waals surface area contributed by atoms with Gasteiger partial charge in [0.15, 0.2) is 0 Å². The predicted octanol–water partition coefficient (Wildman–Crippen LogP) is 1.69. The first kappa shape index (κ1) is 13.6. The molecule has 0 aromatic heterocycles. The Morgan fingerprint density at radius 3 is 3.00 bits per heavy atom. The maximum absolute atomic E-state index is 12.4. The van der Waals surface area contributed by atoms with E-state index in [0.717, 1.165) is 18.7 Å². The molecule has 0 bridgehead atoms. The second kappa shape index (κ2) is 4.88. The molecule has 0 aliphatic carbocycles. The van der Waals surface area contributed by atoms with Crippen LogP contribution in [0.15, 0.2) is 21.8 Å². The lowest BCUT2D eigenvalue weighted by atomic mass is 9.94. The third-order valence-electron chi connectivity index (χ3n) is 4.53. The van der Waals surface area contributed by atoms with Gasteiger partial charge in [-0.25, -0.2) is 9.98 Å². The van der Waals surface area contributed by atoms with Crippen LogP contribution in [-0.2, 0) is 4.79 Å². The van der Waals surface area contributed by atoms with E-state index in [2.05, 4.69) is 28.7 Å². The van der Waals surface area contributed by atoms with Gasteiger partial charge in [0.05, 0.1) is 12.0 Å². The predicted molar refractivity (Wildman–Crippen MR) is 79.9 cm³/mol. The van der Waals surface area contributed by atoms with Crippen molar-refractivity contribution in [1.29, 1.82) is 0 Å². The van der Waals surface area contributed by atoms with Crippen LogP contribution in [0, 0.1) is 11.8 Å². The van der Waals surface area contributed by atoms with E-state index in [-0.39, 0.29) is 29.3 Å². The number of aliphatic imine (C=N–C) groups is 2. The molecule has 0 radical (unpaired) electrons. The molecule has 1 saturated heterocycles. The number of carbonyl (C=O) groups excluding carboxylic acids is 1. The Morgan fingerprint density at radius 2 is 2.30 bits per heavy atom. The zero-order valence-corrected chi connectivity index (χ0v) is 12.7. The summed E-state index contributed by atoms with van der Waals surface area (Å²) < 4.78 is 0. The number of amides is 1. The minimum atomic E-state index is -0.105. The lowest BCUT2D eigenvalue weighted by Gasteiger charge is -2.45. The summed E-state index contributed by atoms with van der Waals surface area (Å²) >= 11 is 5.95. The highest BCUT2D eigenvalue weighted by Crippen LogP contribution is 2.37. The molecule has 20 heavy (non-hydrogen) atoms. The van der Waals surface area contributed by atoms with E-state index in [0.29, 0.717) is 5.92 Å². The molecule has 108 valence electrons. The van der Waals surface area contributed by atoms with Crippen molar-refractivity contribution < 1.29 is 4.79 Å².